The Morgan fingerprint density at radius 1 is 1.37 bits per heavy atom. The van der Waals surface area contributed by atoms with Crippen molar-refractivity contribution in [2.75, 3.05) is 26.8 Å². The van der Waals surface area contributed by atoms with Crippen LogP contribution in [0.25, 0.3) is 0 Å². The zero-order chi connectivity index (χ0) is 14.3. The highest BCUT2D eigenvalue weighted by Gasteiger charge is 2.28. The van der Waals surface area contributed by atoms with Crippen molar-refractivity contribution in [3.05, 3.63) is 34.3 Å². The van der Waals surface area contributed by atoms with E-state index in [1.165, 1.54) is 5.56 Å². The number of hydrogen-bond donors (Lipinski definition) is 1. The van der Waals surface area contributed by atoms with E-state index in [4.69, 9.17) is 4.74 Å². The SMILES string of the molecule is COCCNCC(C)(Cc1cccc(Br)c1)C(C)C. The molecular formula is C16H26BrNO. The summed E-state index contributed by atoms with van der Waals surface area (Å²) < 4.78 is 6.24. The summed E-state index contributed by atoms with van der Waals surface area (Å²) in [5.74, 6) is 0.626. The van der Waals surface area contributed by atoms with Gasteiger partial charge in [0.1, 0.15) is 0 Å². The first-order chi connectivity index (χ1) is 8.98. The molecule has 0 aliphatic rings. The van der Waals surface area contributed by atoms with Gasteiger partial charge in [-0.3, -0.25) is 0 Å². The molecule has 0 aliphatic heterocycles. The largest absolute Gasteiger partial charge is 0.383 e. The van der Waals surface area contributed by atoms with E-state index in [9.17, 15) is 0 Å². The first-order valence-electron chi connectivity index (χ1n) is 6.92. The van der Waals surface area contributed by atoms with E-state index in [-0.39, 0.29) is 5.41 Å². The normalized spacial score (nSPS) is 14.6. The van der Waals surface area contributed by atoms with Crippen LogP contribution in [0.1, 0.15) is 26.3 Å². The summed E-state index contributed by atoms with van der Waals surface area (Å²) in [6.45, 7) is 9.66. The van der Waals surface area contributed by atoms with E-state index in [0.717, 1.165) is 30.6 Å². The predicted octanol–water partition coefficient (Wildman–Crippen LogP) is 3.89. The fourth-order valence-electron chi connectivity index (χ4n) is 2.13. The lowest BCUT2D eigenvalue weighted by Gasteiger charge is -2.34. The Bertz CT molecular complexity index is 381. The van der Waals surface area contributed by atoms with Crippen LogP contribution >= 0.6 is 15.9 Å². The number of nitrogens with one attached hydrogen (secondary N) is 1. The average molecular weight is 328 g/mol. The molecule has 1 unspecified atom stereocenters. The summed E-state index contributed by atoms with van der Waals surface area (Å²) in [7, 11) is 1.74. The minimum atomic E-state index is 0.258. The minimum Gasteiger partial charge on any atom is -0.383 e. The quantitative estimate of drug-likeness (QED) is 0.731. The summed E-state index contributed by atoms with van der Waals surface area (Å²) in [4.78, 5) is 0. The molecule has 2 nitrogen and oxygen atoms in total. The van der Waals surface area contributed by atoms with Crippen LogP contribution in [-0.2, 0) is 11.2 Å². The Hall–Kier alpha value is -0.380. The van der Waals surface area contributed by atoms with Crippen LogP contribution < -0.4 is 5.32 Å². The van der Waals surface area contributed by atoms with Gasteiger partial charge in [0.05, 0.1) is 6.61 Å². The summed E-state index contributed by atoms with van der Waals surface area (Å²) in [6, 6.07) is 8.61. The van der Waals surface area contributed by atoms with E-state index in [1.54, 1.807) is 7.11 Å². The van der Waals surface area contributed by atoms with Crippen molar-refractivity contribution in [3.63, 3.8) is 0 Å². The highest BCUT2D eigenvalue weighted by atomic mass is 79.9. The molecule has 0 amide bonds. The van der Waals surface area contributed by atoms with Gasteiger partial charge < -0.3 is 10.1 Å². The van der Waals surface area contributed by atoms with Crippen molar-refractivity contribution in [1.82, 2.24) is 5.32 Å². The molecule has 108 valence electrons. The van der Waals surface area contributed by atoms with Gasteiger partial charge in [0.2, 0.25) is 0 Å². The fourth-order valence-corrected chi connectivity index (χ4v) is 2.58. The van der Waals surface area contributed by atoms with Crippen LogP contribution in [0.15, 0.2) is 28.7 Å². The molecule has 0 fully saturated rings. The molecule has 1 N–H and O–H groups in total. The van der Waals surface area contributed by atoms with Crippen molar-refractivity contribution in [2.45, 2.75) is 27.2 Å². The van der Waals surface area contributed by atoms with Gasteiger partial charge in [-0.2, -0.15) is 0 Å². The lowest BCUT2D eigenvalue weighted by atomic mass is 9.74. The van der Waals surface area contributed by atoms with Crippen molar-refractivity contribution in [3.8, 4) is 0 Å². The molecule has 1 rings (SSSR count). The summed E-state index contributed by atoms with van der Waals surface area (Å²) >= 11 is 3.55. The Kier molecular flexibility index (Phi) is 7.05. The molecule has 0 saturated heterocycles. The zero-order valence-corrected chi connectivity index (χ0v) is 14.1. The molecule has 0 radical (unpaired) electrons. The highest BCUT2D eigenvalue weighted by molar-refractivity contribution is 9.10. The zero-order valence-electron chi connectivity index (χ0n) is 12.5. The van der Waals surface area contributed by atoms with E-state index < -0.39 is 0 Å². The van der Waals surface area contributed by atoms with Crippen LogP contribution in [0.3, 0.4) is 0 Å². The third-order valence-electron chi connectivity index (χ3n) is 3.90. The van der Waals surface area contributed by atoms with Gasteiger partial charge in [-0.25, -0.2) is 0 Å². The standard InChI is InChI=1S/C16H26BrNO/c1-13(2)16(3,12-18-8-9-19-4)11-14-6-5-7-15(17)10-14/h5-7,10,13,18H,8-9,11-12H2,1-4H3. The second-order valence-corrected chi connectivity index (χ2v) is 6.70. The van der Waals surface area contributed by atoms with Crippen molar-refractivity contribution in [2.24, 2.45) is 11.3 Å². The van der Waals surface area contributed by atoms with Gasteiger partial charge in [0.25, 0.3) is 0 Å². The molecule has 1 aromatic carbocycles. The van der Waals surface area contributed by atoms with Gasteiger partial charge in [-0.1, -0.05) is 48.8 Å². The molecule has 0 aliphatic carbocycles. The molecule has 0 heterocycles. The number of methoxy groups -OCH3 is 1. The van der Waals surface area contributed by atoms with Crippen LogP contribution in [0.4, 0.5) is 0 Å². The molecule has 0 spiro atoms. The van der Waals surface area contributed by atoms with Crippen LogP contribution in [-0.4, -0.2) is 26.8 Å². The molecule has 1 aromatic rings. The van der Waals surface area contributed by atoms with Gasteiger partial charge in [0, 0.05) is 24.7 Å². The van der Waals surface area contributed by atoms with Crippen molar-refractivity contribution < 1.29 is 4.74 Å². The lowest BCUT2D eigenvalue weighted by Crippen LogP contribution is -2.39. The number of benzene rings is 1. The first kappa shape index (κ1) is 16.7. The van der Waals surface area contributed by atoms with Crippen LogP contribution in [0.2, 0.25) is 0 Å². The molecule has 0 bridgehead atoms. The number of halogens is 1. The number of ether oxygens (including phenoxy) is 1. The highest BCUT2D eigenvalue weighted by Crippen LogP contribution is 2.31. The second kappa shape index (κ2) is 8.03. The Balaban J connectivity index is 2.65. The molecular weight excluding hydrogens is 302 g/mol. The van der Waals surface area contributed by atoms with Crippen molar-refractivity contribution in [1.29, 1.82) is 0 Å². The molecule has 0 saturated carbocycles. The second-order valence-electron chi connectivity index (χ2n) is 5.79. The van der Waals surface area contributed by atoms with Crippen molar-refractivity contribution >= 4 is 15.9 Å². The minimum absolute atomic E-state index is 0.258. The maximum atomic E-state index is 5.08. The van der Waals surface area contributed by atoms with Crippen LogP contribution in [0, 0.1) is 11.3 Å². The van der Waals surface area contributed by atoms with Gasteiger partial charge in [0.15, 0.2) is 0 Å². The molecule has 3 heteroatoms. The maximum Gasteiger partial charge on any atom is 0.0587 e. The number of rotatable bonds is 8. The predicted molar refractivity (Wildman–Crippen MR) is 85.5 cm³/mol. The van der Waals surface area contributed by atoms with E-state index in [1.807, 2.05) is 0 Å². The van der Waals surface area contributed by atoms with E-state index in [0.29, 0.717) is 5.92 Å². The Labute approximate surface area is 126 Å². The van der Waals surface area contributed by atoms with Gasteiger partial charge in [-0.15, -0.1) is 0 Å². The van der Waals surface area contributed by atoms with Crippen LogP contribution in [0.5, 0.6) is 0 Å². The third kappa shape index (κ3) is 5.64. The van der Waals surface area contributed by atoms with Gasteiger partial charge in [-0.05, 0) is 35.4 Å². The summed E-state index contributed by atoms with van der Waals surface area (Å²) in [5.41, 5.74) is 1.65. The Morgan fingerprint density at radius 3 is 2.68 bits per heavy atom. The maximum absolute atomic E-state index is 5.08. The third-order valence-corrected chi connectivity index (χ3v) is 4.40. The lowest BCUT2D eigenvalue weighted by molar-refractivity contribution is 0.175. The summed E-state index contributed by atoms with van der Waals surface area (Å²) in [5, 5.41) is 3.51. The Morgan fingerprint density at radius 2 is 2.11 bits per heavy atom. The first-order valence-corrected chi connectivity index (χ1v) is 7.71. The fraction of sp³-hybridized carbons (Fsp3) is 0.625. The molecule has 19 heavy (non-hydrogen) atoms. The molecule has 0 aromatic heterocycles. The van der Waals surface area contributed by atoms with Gasteiger partial charge >= 0.3 is 0 Å². The van der Waals surface area contributed by atoms with E-state index >= 15 is 0 Å². The molecule has 1 atom stereocenters. The van der Waals surface area contributed by atoms with E-state index in [2.05, 4.69) is 66.3 Å². The smallest absolute Gasteiger partial charge is 0.0587 e. The monoisotopic (exact) mass is 327 g/mol. The summed E-state index contributed by atoms with van der Waals surface area (Å²) in [6.07, 6.45) is 1.09. The topological polar surface area (TPSA) is 21.3 Å². The number of hydrogen-bond acceptors (Lipinski definition) is 2. The average Bonchev–Trinajstić information content (AvgIpc) is 2.34.